The first-order chi connectivity index (χ1) is 29.6. The fourth-order valence-corrected chi connectivity index (χ4v) is 7.15. The first kappa shape index (κ1) is 39.2. The quantitative estimate of drug-likeness (QED) is 0.108. The van der Waals surface area contributed by atoms with Crippen LogP contribution in [0.15, 0.2) is 231 Å². The monoisotopic (exact) mass is 772 g/mol. The summed E-state index contributed by atoms with van der Waals surface area (Å²) in [7, 11) is 0. The van der Waals surface area contributed by atoms with E-state index in [1.54, 1.807) is 0 Å². The molecule has 0 aromatic heterocycles. The maximum absolute atomic E-state index is 2.32. The summed E-state index contributed by atoms with van der Waals surface area (Å²) in [5.74, 6) is 0. The number of allylic oxidation sites excluding steroid dienone is 4. The molecule has 60 heavy (non-hydrogen) atoms. The van der Waals surface area contributed by atoms with Crippen molar-refractivity contribution in [2.75, 3.05) is 9.80 Å². The third-order valence-corrected chi connectivity index (χ3v) is 10.4. The van der Waals surface area contributed by atoms with Gasteiger partial charge in [-0.05, 0) is 120 Å². The Balaban J connectivity index is 1.01. The Morgan fingerprint density at radius 1 is 0.250 bits per heavy atom. The lowest BCUT2D eigenvalue weighted by atomic mass is 10.0. The average molecular weight is 773 g/mol. The van der Waals surface area contributed by atoms with Crippen molar-refractivity contribution in [3.63, 3.8) is 0 Å². The number of aryl methyl sites for hydroxylation is 2. The van der Waals surface area contributed by atoms with Gasteiger partial charge in [-0.25, -0.2) is 0 Å². The van der Waals surface area contributed by atoms with Gasteiger partial charge in [-0.2, -0.15) is 0 Å². The highest BCUT2D eigenvalue weighted by Gasteiger charge is 2.15. The average Bonchev–Trinajstić information content (AvgIpc) is 3.30. The smallest absolute Gasteiger partial charge is 0.0462 e. The van der Waals surface area contributed by atoms with E-state index < -0.39 is 0 Å². The normalized spacial score (nSPS) is 11.6. The van der Waals surface area contributed by atoms with Gasteiger partial charge in [-0.3, -0.25) is 0 Å². The molecule has 8 aromatic carbocycles. The third kappa shape index (κ3) is 10.1. The topological polar surface area (TPSA) is 6.48 Å². The van der Waals surface area contributed by atoms with Crippen molar-refractivity contribution >= 4 is 58.4 Å². The minimum absolute atomic E-state index is 1.10. The molecule has 0 fully saturated rings. The molecule has 0 radical (unpaired) electrons. The minimum Gasteiger partial charge on any atom is -0.311 e. The molecule has 0 amide bonds. The summed E-state index contributed by atoms with van der Waals surface area (Å²) in [6.45, 7) is 4.26. The summed E-state index contributed by atoms with van der Waals surface area (Å²) in [4.78, 5) is 4.63. The molecule has 290 valence electrons. The van der Waals surface area contributed by atoms with E-state index in [0.29, 0.717) is 0 Å². The van der Waals surface area contributed by atoms with Crippen molar-refractivity contribution in [3.05, 3.63) is 264 Å². The van der Waals surface area contributed by atoms with Crippen LogP contribution in [0.4, 0.5) is 34.1 Å². The van der Waals surface area contributed by atoms with Gasteiger partial charge < -0.3 is 9.80 Å². The number of hydrogen-bond donors (Lipinski definition) is 0. The maximum Gasteiger partial charge on any atom is 0.0462 e. The Labute approximate surface area is 355 Å². The van der Waals surface area contributed by atoms with Gasteiger partial charge in [0.05, 0.1) is 0 Å². The van der Waals surface area contributed by atoms with Crippen LogP contribution in [-0.2, 0) is 0 Å². The predicted octanol–water partition coefficient (Wildman–Crippen LogP) is 16.4. The molecule has 0 atom stereocenters. The van der Waals surface area contributed by atoms with Crippen LogP contribution in [0.25, 0.3) is 35.4 Å². The van der Waals surface area contributed by atoms with Crippen LogP contribution in [0.2, 0.25) is 0 Å². The Bertz CT molecular complexity index is 2490. The van der Waals surface area contributed by atoms with Gasteiger partial charge in [0, 0.05) is 34.1 Å². The van der Waals surface area contributed by atoms with Gasteiger partial charge in [-0.1, -0.05) is 193 Å². The highest BCUT2D eigenvalue weighted by molar-refractivity contribution is 5.81. The van der Waals surface area contributed by atoms with Gasteiger partial charge in [0.1, 0.15) is 0 Å². The molecule has 2 nitrogen and oxygen atoms in total. The van der Waals surface area contributed by atoms with Crippen molar-refractivity contribution in [1.82, 2.24) is 0 Å². The zero-order valence-corrected chi connectivity index (χ0v) is 34.1. The fourth-order valence-electron chi connectivity index (χ4n) is 7.15. The minimum atomic E-state index is 1.10. The Kier molecular flexibility index (Phi) is 12.5. The van der Waals surface area contributed by atoms with E-state index >= 15 is 0 Å². The Morgan fingerprint density at radius 2 is 0.483 bits per heavy atom. The lowest BCUT2D eigenvalue weighted by Gasteiger charge is -2.26. The maximum atomic E-state index is 2.32. The zero-order valence-electron chi connectivity index (χ0n) is 34.1. The van der Waals surface area contributed by atoms with Crippen LogP contribution >= 0.6 is 0 Å². The molecule has 8 aromatic rings. The largest absolute Gasteiger partial charge is 0.311 e. The molecule has 0 saturated carbocycles. The van der Waals surface area contributed by atoms with Crippen LogP contribution in [0.1, 0.15) is 33.4 Å². The summed E-state index contributed by atoms with van der Waals surface area (Å²) < 4.78 is 0. The van der Waals surface area contributed by atoms with Gasteiger partial charge >= 0.3 is 0 Å². The fraction of sp³-hybridized carbons (Fsp3) is 0.0345. The van der Waals surface area contributed by atoms with E-state index in [2.05, 4.69) is 266 Å². The van der Waals surface area contributed by atoms with E-state index in [1.165, 1.54) is 22.3 Å². The van der Waals surface area contributed by atoms with Crippen LogP contribution < -0.4 is 9.80 Å². The molecular formula is C58H48N2. The summed E-state index contributed by atoms with van der Waals surface area (Å²) >= 11 is 0. The standard InChI is InChI=1S/C58H48N2/c1-45-21-33-53(34-22-45)59(55-37-25-49(26-38-55)19-11-9-17-47-13-5-3-6-14-47)57-41-29-51(30-42-57)52-31-43-58(44-32-52)60(54-35-23-46(2)24-36-54)56-39-27-50(28-40-56)20-12-10-18-48-15-7-4-8-16-48/h3-44H,1-2H3/b17-9?,18-10?,19-11+,20-12+. The molecule has 0 aliphatic rings. The number of hydrogen-bond acceptors (Lipinski definition) is 2. The van der Waals surface area contributed by atoms with E-state index in [1.807, 2.05) is 12.1 Å². The van der Waals surface area contributed by atoms with Crippen molar-refractivity contribution < 1.29 is 0 Å². The molecule has 2 heteroatoms. The van der Waals surface area contributed by atoms with Gasteiger partial charge in [-0.15, -0.1) is 0 Å². The van der Waals surface area contributed by atoms with Crippen molar-refractivity contribution in [3.8, 4) is 11.1 Å². The highest BCUT2D eigenvalue weighted by Crippen LogP contribution is 2.38. The lowest BCUT2D eigenvalue weighted by Crippen LogP contribution is -2.10. The SMILES string of the molecule is Cc1ccc(N(c2ccc(/C=C/C=Cc3ccccc3)cc2)c2ccc(-c3ccc(N(c4ccc(C)cc4)c4ccc(/C=C/C=Cc5ccccc5)cc4)cc3)cc2)cc1. The number of rotatable bonds is 13. The molecule has 0 aliphatic carbocycles. The van der Waals surface area contributed by atoms with Crippen LogP contribution in [0.3, 0.4) is 0 Å². The predicted molar refractivity (Wildman–Crippen MR) is 260 cm³/mol. The van der Waals surface area contributed by atoms with Crippen molar-refractivity contribution in [1.29, 1.82) is 0 Å². The third-order valence-electron chi connectivity index (χ3n) is 10.4. The zero-order chi connectivity index (χ0) is 40.9. The molecular weight excluding hydrogens is 725 g/mol. The number of nitrogens with zero attached hydrogens (tertiary/aromatic N) is 2. The second-order valence-corrected chi connectivity index (χ2v) is 14.9. The first-order valence-electron chi connectivity index (χ1n) is 20.5. The molecule has 0 unspecified atom stereocenters. The molecule has 0 spiro atoms. The van der Waals surface area contributed by atoms with E-state index in [-0.39, 0.29) is 0 Å². The Morgan fingerprint density at radius 3 is 0.767 bits per heavy atom. The molecule has 0 bridgehead atoms. The summed E-state index contributed by atoms with van der Waals surface area (Å²) in [6.07, 6.45) is 16.9. The second-order valence-electron chi connectivity index (χ2n) is 14.9. The highest BCUT2D eigenvalue weighted by atomic mass is 15.1. The van der Waals surface area contributed by atoms with Crippen LogP contribution in [0.5, 0.6) is 0 Å². The molecule has 0 heterocycles. The summed E-state index contributed by atoms with van der Waals surface area (Å²) in [5.41, 5.74) is 16.1. The second kappa shape index (κ2) is 19.2. The van der Waals surface area contributed by atoms with Gasteiger partial charge in [0.2, 0.25) is 0 Å². The molecule has 0 N–H and O–H groups in total. The first-order valence-corrected chi connectivity index (χ1v) is 20.5. The molecule has 0 saturated heterocycles. The van der Waals surface area contributed by atoms with Gasteiger partial charge in [0.25, 0.3) is 0 Å². The number of anilines is 6. The molecule has 0 aliphatic heterocycles. The number of benzene rings is 8. The van der Waals surface area contributed by atoms with E-state index in [0.717, 1.165) is 56.4 Å². The van der Waals surface area contributed by atoms with Crippen molar-refractivity contribution in [2.24, 2.45) is 0 Å². The van der Waals surface area contributed by atoms with Crippen molar-refractivity contribution in [2.45, 2.75) is 13.8 Å². The summed E-state index contributed by atoms with van der Waals surface area (Å²) in [5, 5.41) is 0. The van der Waals surface area contributed by atoms with E-state index in [4.69, 9.17) is 0 Å². The van der Waals surface area contributed by atoms with E-state index in [9.17, 15) is 0 Å². The Hall–Kier alpha value is -7.68. The summed E-state index contributed by atoms with van der Waals surface area (Å²) in [6, 6.07) is 73.5. The van der Waals surface area contributed by atoms with Crippen LogP contribution in [-0.4, -0.2) is 0 Å². The van der Waals surface area contributed by atoms with Crippen LogP contribution in [0, 0.1) is 13.8 Å². The van der Waals surface area contributed by atoms with Gasteiger partial charge in [0.15, 0.2) is 0 Å². The lowest BCUT2D eigenvalue weighted by molar-refractivity contribution is 1.27. The molecule has 8 rings (SSSR count).